The third-order valence-corrected chi connectivity index (χ3v) is 5.76. The minimum Gasteiger partial charge on any atom is -0.436 e. The van der Waals surface area contributed by atoms with Crippen molar-refractivity contribution in [1.29, 1.82) is 0 Å². The quantitative estimate of drug-likeness (QED) is 0.324. The van der Waals surface area contributed by atoms with E-state index >= 15 is 0 Å². The summed E-state index contributed by atoms with van der Waals surface area (Å²) in [6, 6.07) is 3.71. The number of nitrogen functional groups attached to an aromatic ring is 1. The minimum atomic E-state index is -4.61. The lowest BCUT2D eigenvalue weighted by atomic mass is 9.76. The molecule has 186 valence electrons. The van der Waals surface area contributed by atoms with Crippen molar-refractivity contribution in [2.75, 3.05) is 11.1 Å². The second-order valence-corrected chi connectivity index (χ2v) is 9.61. The standard InChI is InChI=1S/C21H25F5N6O2/c1-19(2,3)12-5-9(30-21(24,25)26)4-11-13(27)6-14(29-15(11)12)16-31-32-18(34-16)28-10-7-20(33,8-10)17(22)23/h4-6,10,17-18,28,30,32-33H,7-8H2,1-3H3,(H2,27,29). The average molecular weight is 488 g/mol. The van der Waals surface area contributed by atoms with E-state index in [1.807, 2.05) is 20.8 Å². The number of hydrogen-bond donors (Lipinski definition) is 5. The number of aliphatic hydroxyl groups is 1. The van der Waals surface area contributed by atoms with E-state index in [1.54, 1.807) is 0 Å². The zero-order chi connectivity index (χ0) is 25.1. The summed E-state index contributed by atoms with van der Waals surface area (Å²) < 4.78 is 70.0. The highest BCUT2D eigenvalue weighted by molar-refractivity contribution is 6.01. The molecule has 0 spiro atoms. The van der Waals surface area contributed by atoms with Gasteiger partial charge in [0.05, 0.1) is 5.52 Å². The molecule has 1 atom stereocenters. The molecule has 6 N–H and O–H groups in total. The maximum atomic E-state index is 12.9. The van der Waals surface area contributed by atoms with Crippen molar-refractivity contribution in [2.24, 2.45) is 5.10 Å². The molecule has 0 amide bonds. The van der Waals surface area contributed by atoms with Crippen LogP contribution in [0.2, 0.25) is 0 Å². The molecule has 1 aliphatic carbocycles. The van der Waals surface area contributed by atoms with Crippen molar-refractivity contribution < 1.29 is 31.8 Å². The summed E-state index contributed by atoms with van der Waals surface area (Å²) in [5.74, 6) is 0.0758. The van der Waals surface area contributed by atoms with E-state index in [0.717, 1.165) is 0 Å². The summed E-state index contributed by atoms with van der Waals surface area (Å²) in [5, 5.41) is 18.5. The highest BCUT2D eigenvalue weighted by Gasteiger charge is 2.50. The monoisotopic (exact) mass is 488 g/mol. The number of ether oxygens (including phenoxy) is 1. The molecule has 1 aliphatic heterocycles. The average Bonchev–Trinajstić information content (AvgIpc) is 3.13. The number of hydrogen-bond acceptors (Lipinski definition) is 8. The van der Waals surface area contributed by atoms with Crippen LogP contribution in [0.25, 0.3) is 10.9 Å². The van der Waals surface area contributed by atoms with E-state index in [0.29, 0.717) is 16.5 Å². The number of halogens is 5. The lowest BCUT2D eigenvalue weighted by molar-refractivity contribution is -0.160. The first-order chi connectivity index (χ1) is 15.6. The molecule has 2 heterocycles. The number of nitrogens with one attached hydrogen (secondary N) is 3. The summed E-state index contributed by atoms with van der Waals surface area (Å²) in [4.78, 5) is 4.56. The molecule has 1 fully saturated rings. The van der Waals surface area contributed by atoms with Gasteiger partial charge in [-0.05, 0) is 42.0 Å². The van der Waals surface area contributed by atoms with E-state index in [-0.39, 0.29) is 35.8 Å². The summed E-state index contributed by atoms with van der Waals surface area (Å²) in [7, 11) is 0. The molecule has 0 radical (unpaired) electrons. The lowest BCUT2D eigenvalue weighted by Crippen LogP contribution is -2.60. The van der Waals surface area contributed by atoms with Crippen LogP contribution < -0.4 is 21.8 Å². The van der Waals surface area contributed by atoms with Crippen molar-refractivity contribution in [1.82, 2.24) is 15.7 Å². The number of alkyl halides is 5. The van der Waals surface area contributed by atoms with Gasteiger partial charge in [-0.15, -0.1) is 5.10 Å². The third kappa shape index (κ3) is 4.80. The van der Waals surface area contributed by atoms with Crippen LogP contribution in [0.3, 0.4) is 0 Å². The maximum Gasteiger partial charge on any atom is 0.482 e. The number of aromatic nitrogens is 1. The molecule has 2 aliphatic rings. The second kappa shape index (κ2) is 8.08. The summed E-state index contributed by atoms with van der Waals surface area (Å²) in [6.07, 6.45) is -8.54. The van der Waals surface area contributed by atoms with Crippen molar-refractivity contribution in [2.45, 2.75) is 69.7 Å². The zero-order valence-corrected chi connectivity index (χ0v) is 18.6. The lowest BCUT2D eigenvalue weighted by Gasteiger charge is -2.43. The van der Waals surface area contributed by atoms with Crippen LogP contribution >= 0.6 is 0 Å². The van der Waals surface area contributed by atoms with Crippen LogP contribution in [0.1, 0.15) is 44.9 Å². The first-order valence-electron chi connectivity index (χ1n) is 10.5. The Balaban J connectivity index is 1.58. The van der Waals surface area contributed by atoms with Crippen molar-refractivity contribution in [3.8, 4) is 0 Å². The normalized spacial score (nSPS) is 25.1. The molecule has 4 rings (SSSR count). The molecule has 13 heteroatoms. The van der Waals surface area contributed by atoms with Gasteiger partial charge in [0, 0.05) is 22.8 Å². The van der Waals surface area contributed by atoms with E-state index in [1.165, 1.54) is 23.5 Å². The van der Waals surface area contributed by atoms with E-state index in [2.05, 4.69) is 20.8 Å². The molecular formula is C21H25F5N6O2. The Labute approximate surface area is 191 Å². The van der Waals surface area contributed by atoms with Gasteiger partial charge in [-0.25, -0.2) is 13.8 Å². The number of fused-ring (bicyclic) bond motifs is 1. The fraction of sp³-hybridized carbons (Fsp3) is 0.524. The Bertz CT molecular complexity index is 1130. The van der Waals surface area contributed by atoms with Crippen molar-refractivity contribution in [3.63, 3.8) is 0 Å². The molecule has 1 aromatic heterocycles. The number of rotatable bonds is 5. The Hall–Kier alpha value is -2.93. The van der Waals surface area contributed by atoms with Gasteiger partial charge in [-0.3, -0.25) is 16.1 Å². The first-order valence-corrected chi connectivity index (χ1v) is 10.5. The van der Waals surface area contributed by atoms with Gasteiger partial charge in [-0.1, -0.05) is 20.8 Å². The van der Waals surface area contributed by atoms with Crippen molar-refractivity contribution in [3.05, 3.63) is 29.5 Å². The predicted octanol–water partition coefficient (Wildman–Crippen LogP) is 3.36. The Morgan fingerprint density at radius 3 is 2.47 bits per heavy atom. The van der Waals surface area contributed by atoms with Crippen LogP contribution in [0, 0.1) is 0 Å². The molecule has 8 nitrogen and oxygen atoms in total. The van der Waals surface area contributed by atoms with Gasteiger partial charge in [0.2, 0.25) is 6.35 Å². The minimum absolute atomic E-state index is 0.0758. The van der Waals surface area contributed by atoms with Gasteiger partial charge in [0.25, 0.3) is 12.3 Å². The Morgan fingerprint density at radius 2 is 1.88 bits per heavy atom. The van der Waals surface area contributed by atoms with Crippen LogP contribution in [-0.2, 0) is 10.2 Å². The van der Waals surface area contributed by atoms with Crippen LogP contribution in [0.4, 0.5) is 33.3 Å². The van der Waals surface area contributed by atoms with Gasteiger partial charge in [-0.2, -0.15) is 13.2 Å². The Kier molecular flexibility index (Phi) is 5.75. The summed E-state index contributed by atoms with van der Waals surface area (Å²) in [5.41, 5.74) is 7.50. The highest BCUT2D eigenvalue weighted by atomic mass is 19.4. The fourth-order valence-electron chi connectivity index (χ4n) is 4.04. The van der Waals surface area contributed by atoms with Gasteiger partial charge >= 0.3 is 6.30 Å². The molecule has 2 aromatic rings. The van der Waals surface area contributed by atoms with Crippen LogP contribution in [-0.4, -0.2) is 46.7 Å². The van der Waals surface area contributed by atoms with Gasteiger partial charge in [0.15, 0.2) is 0 Å². The van der Waals surface area contributed by atoms with Crippen LogP contribution in [0.5, 0.6) is 0 Å². The van der Waals surface area contributed by atoms with Gasteiger partial charge < -0.3 is 15.6 Å². The number of hydrazone groups is 1. The van der Waals surface area contributed by atoms with Crippen LogP contribution in [0.15, 0.2) is 23.3 Å². The zero-order valence-electron chi connectivity index (χ0n) is 18.6. The summed E-state index contributed by atoms with van der Waals surface area (Å²) in [6.45, 7) is 5.52. The van der Waals surface area contributed by atoms with Gasteiger partial charge in [0.1, 0.15) is 11.3 Å². The third-order valence-electron chi connectivity index (χ3n) is 5.76. The number of pyridine rings is 1. The molecule has 1 saturated carbocycles. The Morgan fingerprint density at radius 1 is 1.21 bits per heavy atom. The summed E-state index contributed by atoms with van der Waals surface area (Å²) >= 11 is 0. The molecule has 1 aromatic carbocycles. The maximum absolute atomic E-state index is 12.9. The highest BCUT2D eigenvalue weighted by Crippen LogP contribution is 2.38. The molecular weight excluding hydrogens is 463 g/mol. The van der Waals surface area contributed by atoms with Crippen molar-refractivity contribution >= 4 is 28.2 Å². The molecule has 0 saturated heterocycles. The largest absolute Gasteiger partial charge is 0.482 e. The van der Waals surface area contributed by atoms with E-state index in [4.69, 9.17) is 10.5 Å². The first kappa shape index (κ1) is 24.2. The number of nitrogens with zero attached hydrogens (tertiary/aromatic N) is 2. The van der Waals surface area contributed by atoms with E-state index < -0.39 is 36.1 Å². The molecule has 34 heavy (non-hydrogen) atoms. The van der Waals surface area contributed by atoms with E-state index in [9.17, 15) is 27.1 Å². The molecule has 0 bridgehead atoms. The number of nitrogens with two attached hydrogens (primary N) is 1. The number of anilines is 2. The predicted molar refractivity (Wildman–Crippen MR) is 116 cm³/mol. The second-order valence-electron chi connectivity index (χ2n) is 9.61. The smallest absolute Gasteiger partial charge is 0.436 e. The fourth-order valence-corrected chi connectivity index (χ4v) is 4.04. The number of benzene rings is 1. The topological polar surface area (TPSA) is 117 Å². The SMILES string of the molecule is CC(C)(C)c1cc(NC(F)(F)F)cc2c(N)cc(C3=NNC(NC4CC(O)(C(F)F)C4)O3)nc12. The molecule has 1 unspecified atom stereocenters.